The molecular weight excluding hydrogens is 256 g/mol. The average Bonchev–Trinajstić information content (AvgIpc) is 3.17. The summed E-state index contributed by atoms with van der Waals surface area (Å²) in [4.78, 5) is 24.9. The van der Waals surface area contributed by atoms with Crippen molar-refractivity contribution in [2.45, 2.75) is 44.6 Å². The van der Waals surface area contributed by atoms with E-state index in [0.29, 0.717) is 5.69 Å². The van der Waals surface area contributed by atoms with Crippen molar-refractivity contribution in [2.75, 3.05) is 4.90 Å². The molecule has 0 unspecified atom stereocenters. The van der Waals surface area contributed by atoms with E-state index in [0.717, 1.165) is 38.5 Å². The van der Waals surface area contributed by atoms with Crippen LogP contribution in [0.25, 0.3) is 0 Å². The number of benzene rings is 1. The summed E-state index contributed by atoms with van der Waals surface area (Å²) in [5.74, 6) is 0.285. The van der Waals surface area contributed by atoms with Gasteiger partial charge in [-0.3, -0.25) is 14.9 Å². The molecule has 20 heavy (non-hydrogen) atoms. The fourth-order valence-electron chi connectivity index (χ4n) is 2.96. The summed E-state index contributed by atoms with van der Waals surface area (Å²) in [5.41, 5.74) is 0.733. The lowest BCUT2D eigenvalue weighted by Gasteiger charge is -2.29. The van der Waals surface area contributed by atoms with Gasteiger partial charge in [-0.1, -0.05) is 18.9 Å². The maximum atomic E-state index is 12.5. The first-order chi connectivity index (χ1) is 9.66. The van der Waals surface area contributed by atoms with Gasteiger partial charge in [-0.05, 0) is 31.7 Å². The Morgan fingerprint density at radius 3 is 2.50 bits per heavy atom. The van der Waals surface area contributed by atoms with Crippen molar-refractivity contribution in [1.29, 1.82) is 0 Å². The molecule has 0 heterocycles. The Kier molecular flexibility index (Phi) is 3.42. The number of nitro groups is 1. The molecule has 0 N–H and O–H groups in total. The molecule has 0 atom stereocenters. The first-order valence-electron chi connectivity index (χ1n) is 7.24. The largest absolute Gasteiger partial charge is 0.309 e. The smallest absolute Gasteiger partial charge is 0.271 e. The second-order valence-electron chi connectivity index (χ2n) is 5.70. The molecule has 2 aliphatic rings. The quantitative estimate of drug-likeness (QED) is 0.625. The number of nitrogens with zero attached hydrogens (tertiary/aromatic N) is 2. The SMILES string of the molecule is O=C(C1CC1)N(c1cccc([N+](=O)[O-])c1)C1CCCC1. The molecule has 0 bridgehead atoms. The van der Waals surface area contributed by atoms with Gasteiger partial charge in [-0.25, -0.2) is 0 Å². The van der Waals surface area contributed by atoms with E-state index in [4.69, 9.17) is 0 Å². The molecule has 5 heteroatoms. The highest BCUT2D eigenvalue weighted by Gasteiger charge is 2.38. The standard InChI is InChI=1S/C15H18N2O3/c18-15(11-8-9-11)16(12-4-1-2-5-12)13-6-3-7-14(10-13)17(19)20/h3,6-7,10-12H,1-2,4-5,8-9H2. The van der Waals surface area contributed by atoms with Gasteiger partial charge in [0.05, 0.1) is 10.6 Å². The van der Waals surface area contributed by atoms with Gasteiger partial charge in [0.1, 0.15) is 0 Å². The number of rotatable bonds is 4. The lowest BCUT2D eigenvalue weighted by Crippen LogP contribution is -2.40. The van der Waals surface area contributed by atoms with Crippen LogP contribution in [0.3, 0.4) is 0 Å². The van der Waals surface area contributed by atoms with E-state index in [1.807, 2.05) is 11.0 Å². The highest BCUT2D eigenvalue weighted by Crippen LogP contribution is 2.37. The molecule has 0 radical (unpaired) electrons. The Balaban J connectivity index is 1.93. The van der Waals surface area contributed by atoms with Crippen molar-refractivity contribution in [3.63, 3.8) is 0 Å². The predicted molar refractivity (Wildman–Crippen MR) is 75.6 cm³/mol. The monoisotopic (exact) mass is 274 g/mol. The first-order valence-corrected chi connectivity index (χ1v) is 7.24. The van der Waals surface area contributed by atoms with Crippen molar-refractivity contribution in [3.05, 3.63) is 34.4 Å². The van der Waals surface area contributed by atoms with Crippen LogP contribution in [0.4, 0.5) is 11.4 Å². The third kappa shape index (κ3) is 2.53. The van der Waals surface area contributed by atoms with Gasteiger partial charge >= 0.3 is 0 Å². The second kappa shape index (κ2) is 5.23. The molecule has 0 aromatic heterocycles. The number of amides is 1. The van der Waals surface area contributed by atoms with E-state index in [9.17, 15) is 14.9 Å². The minimum absolute atomic E-state index is 0.0501. The minimum Gasteiger partial charge on any atom is -0.309 e. The number of non-ortho nitro benzene ring substituents is 1. The lowest BCUT2D eigenvalue weighted by atomic mass is 10.1. The van der Waals surface area contributed by atoms with Crippen LogP contribution < -0.4 is 4.90 Å². The number of anilines is 1. The third-order valence-electron chi connectivity index (χ3n) is 4.17. The Hall–Kier alpha value is -1.91. The topological polar surface area (TPSA) is 63.5 Å². The van der Waals surface area contributed by atoms with Crippen molar-refractivity contribution in [1.82, 2.24) is 0 Å². The van der Waals surface area contributed by atoms with Crippen LogP contribution in [0.2, 0.25) is 0 Å². The molecule has 0 saturated heterocycles. The zero-order chi connectivity index (χ0) is 14.1. The number of hydrogen-bond donors (Lipinski definition) is 0. The summed E-state index contributed by atoms with van der Waals surface area (Å²) < 4.78 is 0. The number of hydrogen-bond acceptors (Lipinski definition) is 3. The van der Waals surface area contributed by atoms with E-state index in [-0.39, 0.29) is 23.6 Å². The third-order valence-corrected chi connectivity index (χ3v) is 4.17. The molecule has 0 aliphatic heterocycles. The predicted octanol–water partition coefficient (Wildman–Crippen LogP) is 3.28. The highest BCUT2D eigenvalue weighted by atomic mass is 16.6. The van der Waals surface area contributed by atoms with Crippen LogP contribution in [0.15, 0.2) is 24.3 Å². The fourth-order valence-corrected chi connectivity index (χ4v) is 2.96. The summed E-state index contributed by atoms with van der Waals surface area (Å²) in [6.45, 7) is 0. The van der Waals surface area contributed by atoms with Gasteiger partial charge in [0.15, 0.2) is 0 Å². The maximum Gasteiger partial charge on any atom is 0.271 e. The van der Waals surface area contributed by atoms with E-state index >= 15 is 0 Å². The molecule has 3 rings (SSSR count). The van der Waals surface area contributed by atoms with Crippen molar-refractivity contribution in [2.24, 2.45) is 5.92 Å². The molecule has 2 aliphatic carbocycles. The van der Waals surface area contributed by atoms with Gasteiger partial charge in [0.25, 0.3) is 5.69 Å². The molecular formula is C15H18N2O3. The Bertz CT molecular complexity index is 534. The van der Waals surface area contributed by atoms with Crippen LogP contribution in [0.5, 0.6) is 0 Å². The van der Waals surface area contributed by atoms with Gasteiger partial charge in [-0.15, -0.1) is 0 Å². The van der Waals surface area contributed by atoms with Gasteiger partial charge in [0, 0.05) is 24.1 Å². The Morgan fingerprint density at radius 2 is 1.90 bits per heavy atom. The van der Waals surface area contributed by atoms with Crippen LogP contribution in [0, 0.1) is 16.0 Å². The van der Waals surface area contributed by atoms with Crippen molar-refractivity contribution < 1.29 is 9.72 Å². The van der Waals surface area contributed by atoms with E-state index in [2.05, 4.69) is 0 Å². The zero-order valence-electron chi connectivity index (χ0n) is 11.3. The number of nitro benzene ring substituents is 1. The van der Waals surface area contributed by atoms with Gasteiger partial charge in [-0.2, -0.15) is 0 Å². The summed E-state index contributed by atoms with van der Waals surface area (Å²) >= 11 is 0. The number of carbonyl (C=O) groups excluding carboxylic acids is 1. The van der Waals surface area contributed by atoms with Crippen LogP contribution >= 0.6 is 0 Å². The summed E-state index contributed by atoms with van der Waals surface area (Å²) in [6.07, 6.45) is 6.18. The Morgan fingerprint density at radius 1 is 1.20 bits per heavy atom. The van der Waals surface area contributed by atoms with E-state index in [1.54, 1.807) is 6.07 Å². The highest BCUT2D eigenvalue weighted by molar-refractivity contribution is 5.97. The fraction of sp³-hybridized carbons (Fsp3) is 0.533. The van der Waals surface area contributed by atoms with Crippen LogP contribution in [-0.4, -0.2) is 16.9 Å². The summed E-state index contributed by atoms with van der Waals surface area (Å²) in [6, 6.07) is 6.68. The molecule has 1 aromatic carbocycles. The van der Waals surface area contributed by atoms with E-state index < -0.39 is 4.92 Å². The molecule has 2 fully saturated rings. The second-order valence-corrected chi connectivity index (χ2v) is 5.70. The van der Waals surface area contributed by atoms with Gasteiger partial charge in [0.2, 0.25) is 5.91 Å². The number of carbonyl (C=O) groups is 1. The molecule has 1 amide bonds. The molecule has 106 valence electrons. The van der Waals surface area contributed by atoms with Crippen LogP contribution in [0.1, 0.15) is 38.5 Å². The minimum atomic E-state index is -0.405. The van der Waals surface area contributed by atoms with Crippen molar-refractivity contribution in [3.8, 4) is 0 Å². The average molecular weight is 274 g/mol. The molecule has 5 nitrogen and oxygen atoms in total. The van der Waals surface area contributed by atoms with Crippen molar-refractivity contribution >= 4 is 17.3 Å². The summed E-state index contributed by atoms with van der Waals surface area (Å²) in [7, 11) is 0. The molecule has 0 spiro atoms. The zero-order valence-corrected chi connectivity index (χ0v) is 11.3. The normalized spacial score (nSPS) is 19.0. The Labute approximate surface area is 117 Å². The molecule has 2 saturated carbocycles. The molecule has 1 aromatic rings. The summed E-state index contributed by atoms with van der Waals surface area (Å²) in [5, 5.41) is 10.9. The lowest BCUT2D eigenvalue weighted by molar-refractivity contribution is -0.384. The van der Waals surface area contributed by atoms with Gasteiger partial charge < -0.3 is 4.90 Å². The maximum absolute atomic E-state index is 12.5. The van der Waals surface area contributed by atoms with Crippen LogP contribution in [-0.2, 0) is 4.79 Å². The first kappa shape index (κ1) is 13.1. The van der Waals surface area contributed by atoms with E-state index in [1.165, 1.54) is 12.1 Å².